The number of carbonyl (C=O) groups is 2. The van der Waals surface area contributed by atoms with Crippen molar-refractivity contribution in [2.24, 2.45) is 5.16 Å². The number of ether oxygens (including phenoxy) is 1. The summed E-state index contributed by atoms with van der Waals surface area (Å²) in [6.07, 6.45) is 4.07. The van der Waals surface area contributed by atoms with Gasteiger partial charge in [0.25, 0.3) is 5.69 Å². The fraction of sp³-hybridized carbons (Fsp3) is 0.292. The number of benzene rings is 1. The maximum atomic E-state index is 11.1. The van der Waals surface area contributed by atoms with Crippen LogP contribution in [0.2, 0.25) is 0 Å². The second-order valence-corrected chi connectivity index (χ2v) is 10.1. The Hall–Kier alpha value is -3.72. The Morgan fingerprint density at radius 1 is 1.18 bits per heavy atom. The summed E-state index contributed by atoms with van der Waals surface area (Å²) in [7, 11) is 0. The number of oxime groups is 1. The Labute approximate surface area is 225 Å². The molecule has 1 aromatic carbocycles. The lowest BCUT2D eigenvalue weighted by Crippen LogP contribution is -2.38. The summed E-state index contributed by atoms with van der Waals surface area (Å²) >= 11 is 3.35. The molecule has 1 fully saturated rings. The highest BCUT2D eigenvalue weighted by molar-refractivity contribution is 8.00. The molecule has 0 bridgehead atoms. The largest absolute Gasteiger partial charge is 0.473 e. The number of nitro benzene ring substituents is 1. The van der Waals surface area contributed by atoms with Crippen LogP contribution in [0, 0.1) is 10.1 Å². The number of rotatable bonds is 7. The van der Waals surface area contributed by atoms with Crippen molar-refractivity contribution < 1.29 is 34.3 Å². The first-order valence-electron chi connectivity index (χ1n) is 11.4. The number of nitro groups is 1. The van der Waals surface area contributed by atoms with E-state index in [0.29, 0.717) is 6.61 Å². The van der Waals surface area contributed by atoms with Crippen molar-refractivity contribution in [1.82, 2.24) is 9.47 Å². The van der Waals surface area contributed by atoms with Crippen LogP contribution in [0.25, 0.3) is 16.8 Å². The molecular formula is C24H24N4O8S2. The molecule has 0 atom stereocenters. The molecule has 4 heterocycles. The molecule has 14 heteroatoms. The summed E-state index contributed by atoms with van der Waals surface area (Å²) in [4.78, 5) is 38.0. The van der Waals surface area contributed by atoms with E-state index >= 15 is 0 Å². The Kier molecular flexibility index (Phi) is 8.78. The van der Waals surface area contributed by atoms with Crippen LogP contribution in [0.5, 0.6) is 0 Å². The summed E-state index contributed by atoms with van der Waals surface area (Å²) < 4.78 is 8.66. The number of morpholine rings is 1. The van der Waals surface area contributed by atoms with E-state index in [1.807, 2.05) is 36.7 Å². The molecule has 12 nitrogen and oxygen atoms in total. The first-order chi connectivity index (χ1) is 18.3. The van der Waals surface area contributed by atoms with Crippen LogP contribution in [-0.4, -0.2) is 88.0 Å². The van der Waals surface area contributed by atoms with E-state index in [-0.39, 0.29) is 10.6 Å². The summed E-state index contributed by atoms with van der Waals surface area (Å²) in [5.74, 6) is -3.65. The van der Waals surface area contributed by atoms with E-state index < -0.39 is 11.9 Å². The molecule has 0 radical (unpaired) electrons. The lowest BCUT2D eigenvalue weighted by atomic mass is 10.1. The third kappa shape index (κ3) is 5.88. The SMILES string of the molecule is CSc1sc2c(c1-c1ccc([N+](=O)[O-])cc1)-n1cccc1/C2=N/OCCN1CCOCC1.O=C(O)C(=O)O. The van der Waals surface area contributed by atoms with Crippen molar-refractivity contribution in [3.63, 3.8) is 0 Å². The smallest absolute Gasteiger partial charge is 0.414 e. The van der Waals surface area contributed by atoms with E-state index in [1.54, 1.807) is 35.2 Å². The van der Waals surface area contributed by atoms with Gasteiger partial charge in [0.1, 0.15) is 12.3 Å². The van der Waals surface area contributed by atoms with Gasteiger partial charge in [-0.1, -0.05) is 5.16 Å². The van der Waals surface area contributed by atoms with Gasteiger partial charge >= 0.3 is 11.9 Å². The standard InChI is InChI=1S/C22H22N4O4S2.C2H2O4/c1-31-22-18(15-4-6-16(7-5-15)26(27)28)20-21(32-22)19(17-3-2-8-25(17)20)23-30-14-11-24-9-12-29-13-10-24;3-1(4)2(5)6/h2-8H,9-14H2,1H3;(H,3,4)(H,5,6)/b23-19-;. The van der Waals surface area contributed by atoms with Crippen LogP contribution >= 0.6 is 23.1 Å². The van der Waals surface area contributed by atoms with Gasteiger partial charge in [0.2, 0.25) is 0 Å². The monoisotopic (exact) mass is 560 g/mol. The fourth-order valence-electron chi connectivity index (χ4n) is 4.02. The van der Waals surface area contributed by atoms with Gasteiger partial charge in [-0.2, -0.15) is 0 Å². The first-order valence-corrected chi connectivity index (χ1v) is 13.5. The first kappa shape index (κ1) is 27.3. The van der Waals surface area contributed by atoms with Gasteiger partial charge in [-0.3, -0.25) is 15.0 Å². The summed E-state index contributed by atoms with van der Waals surface area (Å²) in [5.41, 5.74) is 5.00. The van der Waals surface area contributed by atoms with E-state index in [2.05, 4.69) is 14.6 Å². The van der Waals surface area contributed by atoms with Gasteiger partial charge < -0.3 is 24.4 Å². The predicted octanol–water partition coefficient (Wildman–Crippen LogP) is 3.41. The minimum absolute atomic E-state index is 0.0869. The second-order valence-electron chi connectivity index (χ2n) is 8.05. The highest BCUT2D eigenvalue weighted by Crippen LogP contribution is 2.48. The van der Waals surface area contributed by atoms with Gasteiger partial charge in [0.15, 0.2) is 0 Å². The lowest BCUT2D eigenvalue weighted by Gasteiger charge is -2.25. The number of thiophene rings is 1. The highest BCUT2D eigenvalue weighted by Gasteiger charge is 2.33. The Bertz CT molecular complexity index is 1350. The maximum absolute atomic E-state index is 11.1. The van der Waals surface area contributed by atoms with Crippen LogP contribution < -0.4 is 0 Å². The summed E-state index contributed by atoms with van der Waals surface area (Å²) in [6.45, 7) is 4.73. The number of fused-ring (bicyclic) bond motifs is 3. The van der Waals surface area contributed by atoms with Crippen LogP contribution in [0.3, 0.4) is 0 Å². The molecule has 0 spiro atoms. The number of carboxylic acid groups (broad SMARTS) is 2. The van der Waals surface area contributed by atoms with Gasteiger partial charge in [0, 0.05) is 43.5 Å². The van der Waals surface area contributed by atoms with Gasteiger partial charge in [-0.25, -0.2) is 9.59 Å². The molecule has 2 aromatic heterocycles. The van der Waals surface area contributed by atoms with Crippen LogP contribution in [0.1, 0.15) is 10.6 Å². The van der Waals surface area contributed by atoms with Crippen molar-refractivity contribution in [3.8, 4) is 16.8 Å². The van der Waals surface area contributed by atoms with E-state index in [4.69, 9.17) is 29.4 Å². The third-order valence-corrected chi connectivity index (χ3v) is 8.10. The molecule has 0 aliphatic carbocycles. The zero-order valence-electron chi connectivity index (χ0n) is 20.2. The molecule has 0 unspecified atom stereocenters. The predicted molar refractivity (Wildman–Crippen MR) is 142 cm³/mol. The van der Waals surface area contributed by atoms with Gasteiger partial charge in [-0.15, -0.1) is 23.1 Å². The van der Waals surface area contributed by atoms with Crippen LogP contribution in [0.15, 0.2) is 52.0 Å². The van der Waals surface area contributed by atoms with Crippen molar-refractivity contribution in [3.05, 3.63) is 63.3 Å². The van der Waals surface area contributed by atoms with Crippen LogP contribution in [-0.2, 0) is 19.2 Å². The lowest BCUT2D eigenvalue weighted by molar-refractivity contribution is -0.384. The highest BCUT2D eigenvalue weighted by atomic mass is 32.2. The van der Waals surface area contributed by atoms with Crippen molar-refractivity contribution in [2.75, 3.05) is 45.7 Å². The Morgan fingerprint density at radius 3 is 2.47 bits per heavy atom. The number of aliphatic carboxylic acids is 2. The molecule has 2 aliphatic heterocycles. The van der Waals surface area contributed by atoms with Gasteiger partial charge in [0.05, 0.1) is 38.6 Å². The average Bonchev–Trinajstić information content (AvgIpc) is 3.60. The molecular weight excluding hydrogens is 536 g/mol. The summed E-state index contributed by atoms with van der Waals surface area (Å²) in [5, 5.41) is 30.4. The molecule has 0 saturated carbocycles. The molecule has 0 amide bonds. The van der Waals surface area contributed by atoms with Crippen molar-refractivity contribution >= 4 is 46.4 Å². The molecule has 38 heavy (non-hydrogen) atoms. The zero-order chi connectivity index (χ0) is 27.2. The van der Waals surface area contributed by atoms with Gasteiger partial charge in [-0.05, 0) is 36.1 Å². The number of thioether (sulfide) groups is 1. The number of aromatic nitrogens is 1. The molecule has 1 saturated heterocycles. The van der Waals surface area contributed by atoms with E-state index in [1.165, 1.54) is 0 Å². The topological polar surface area (TPSA) is 157 Å². The number of hydrogen-bond acceptors (Lipinski definition) is 10. The molecule has 200 valence electrons. The number of nitrogens with zero attached hydrogens (tertiary/aromatic N) is 4. The van der Waals surface area contributed by atoms with Crippen molar-refractivity contribution in [2.45, 2.75) is 4.21 Å². The fourth-order valence-corrected chi connectivity index (χ4v) is 6.06. The molecule has 2 aliphatic rings. The minimum atomic E-state index is -1.82. The Balaban J connectivity index is 0.000000505. The molecule has 3 aromatic rings. The minimum Gasteiger partial charge on any atom is -0.473 e. The Morgan fingerprint density at radius 2 is 1.87 bits per heavy atom. The average molecular weight is 561 g/mol. The van der Waals surface area contributed by atoms with E-state index in [0.717, 1.165) is 70.2 Å². The number of non-ortho nitro benzene ring substituents is 1. The van der Waals surface area contributed by atoms with E-state index in [9.17, 15) is 10.1 Å². The van der Waals surface area contributed by atoms with Crippen LogP contribution in [0.4, 0.5) is 5.69 Å². The second kappa shape index (κ2) is 12.2. The molecule has 5 rings (SSSR count). The molecule has 2 N–H and O–H groups in total. The number of hydrogen-bond donors (Lipinski definition) is 2. The number of carboxylic acids is 2. The zero-order valence-corrected chi connectivity index (χ0v) is 21.9. The summed E-state index contributed by atoms with van der Waals surface area (Å²) in [6, 6.07) is 10.8. The van der Waals surface area contributed by atoms with Crippen molar-refractivity contribution in [1.29, 1.82) is 0 Å². The maximum Gasteiger partial charge on any atom is 0.414 e. The third-order valence-electron chi connectivity index (χ3n) is 5.79. The normalized spacial score (nSPS) is 15.3. The quantitative estimate of drug-likeness (QED) is 0.113.